The van der Waals surface area contributed by atoms with E-state index in [4.69, 9.17) is 5.73 Å². The van der Waals surface area contributed by atoms with Gasteiger partial charge in [0.05, 0.1) is 5.69 Å². The fraction of sp³-hybridized carbons (Fsp3) is 0.222. The van der Waals surface area contributed by atoms with Gasteiger partial charge in [0.25, 0.3) is 0 Å². The summed E-state index contributed by atoms with van der Waals surface area (Å²) in [4.78, 5) is 12.8. The molecule has 1 aromatic rings. The molecule has 1 rings (SSSR count). The normalized spacial score (nSPS) is 9.64. The molecule has 76 valence electrons. The Hall–Kier alpha value is -1.23. The van der Waals surface area contributed by atoms with Crippen molar-refractivity contribution < 1.29 is 4.79 Å². The van der Waals surface area contributed by atoms with Crippen molar-refractivity contribution in [1.82, 2.24) is 4.90 Å². The van der Waals surface area contributed by atoms with Gasteiger partial charge in [0.2, 0.25) is 0 Å². The second-order valence-electron chi connectivity index (χ2n) is 3.06. The molecule has 0 radical (unpaired) electrons. The summed E-state index contributed by atoms with van der Waals surface area (Å²) in [5.41, 5.74) is 6.92. The largest absolute Gasteiger partial charge is 0.399 e. The summed E-state index contributed by atoms with van der Waals surface area (Å²) < 4.78 is 0.771. The number of anilines is 2. The van der Waals surface area contributed by atoms with Gasteiger partial charge in [-0.25, -0.2) is 4.79 Å². The molecule has 0 spiro atoms. The van der Waals surface area contributed by atoms with Crippen molar-refractivity contribution in [2.24, 2.45) is 0 Å². The zero-order valence-electron chi connectivity index (χ0n) is 8.04. The molecule has 0 fully saturated rings. The van der Waals surface area contributed by atoms with Gasteiger partial charge in [-0.15, -0.1) is 0 Å². The Balaban J connectivity index is 2.82. The molecule has 3 N–H and O–H groups in total. The number of nitrogen functional groups attached to an aromatic ring is 1. The van der Waals surface area contributed by atoms with Crippen LogP contribution >= 0.6 is 15.9 Å². The van der Waals surface area contributed by atoms with Crippen molar-refractivity contribution >= 4 is 33.3 Å². The van der Waals surface area contributed by atoms with Crippen LogP contribution in [0.5, 0.6) is 0 Å². The summed E-state index contributed by atoms with van der Waals surface area (Å²) in [6.07, 6.45) is 0. The SMILES string of the molecule is CN(C)C(=O)Nc1ccc(N)cc1Br. The lowest BCUT2D eigenvalue weighted by Gasteiger charge is -2.13. The molecule has 0 aliphatic heterocycles. The number of nitrogens with two attached hydrogens (primary N) is 1. The Morgan fingerprint density at radius 1 is 1.50 bits per heavy atom. The number of carbonyl (C=O) groups excluding carboxylic acids is 1. The van der Waals surface area contributed by atoms with Gasteiger partial charge in [-0.1, -0.05) is 0 Å². The molecule has 0 atom stereocenters. The van der Waals surface area contributed by atoms with E-state index in [9.17, 15) is 4.79 Å². The summed E-state index contributed by atoms with van der Waals surface area (Å²) in [6.45, 7) is 0. The van der Waals surface area contributed by atoms with Crippen LogP contribution in [0.3, 0.4) is 0 Å². The summed E-state index contributed by atoms with van der Waals surface area (Å²) in [6, 6.07) is 5.05. The maximum atomic E-state index is 11.3. The average Bonchev–Trinajstić information content (AvgIpc) is 2.09. The highest BCUT2D eigenvalue weighted by Gasteiger charge is 2.06. The van der Waals surface area contributed by atoms with Gasteiger partial charge in [-0.05, 0) is 34.1 Å². The smallest absolute Gasteiger partial charge is 0.321 e. The Morgan fingerprint density at radius 3 is 2.64 bits per heavy atom. The van der Waals surface area contributed by atoms with Crippen molar-refractivity contribution in [1.29, 1.82) is 0 Å². The van der Waals surface area contributed by atoms with E-state index in [1.54, 1.807) is 32.3 Å². The van der Waals surface area contributed by atoms with E-state index in [2.05, 4.69) is 21.2 Å². The average molecular weight is 258 g/mol. The molecule has 0 aliphatic rings. The first-order valence-corrected chi connectivity index (χ1v) is 4.83. The molecule has 0 heterocycles. The van der Waals surface area contributed by atoms with Gasteiger partial charge >= 0.3 is 6.03 Å². The molecule has 1 aromatic carbocycles. The third-order valence-electron chi connectivity index (χ3n) is 1.64. The highest BCUT2D eigenvalue weighted by atomic mass is 79.9. The second-order valence-corrected chi connectivity index (χ2v) is 3.92. The highest BCUT2D eigenvalue weighted by molar-refractivity contribution is 9.10. The third-order valence-corrected chi connectivity index (χ3v) is 2.30. The number of rotatable bonds is 1. The van der Waals surface area contributed by atoms with Crippen LogP contribution in [-0.2, 0) is 0 Å². The van der Waals surface area contributed by atoms with E-state index in [-0.39, 0.29) is 6.03 Å². The summed E-state index contributed by atoms with van der Waals surface area (Å²) in [7, 11) is 3.36. The molecule has 0 saturated heterocycles. The van der Waals surface area contributed by atoms with Crippen molar-refractivity contribution in [3.05, 3.63) is 22.7 Å². The lowest BCUT2D eigenvalue weighted by atomic mass is 10.3. The zero-order valence-corrected chi connectivity index (χ0v) is 9.63. The number of halogens is 1. The first-order chi connectivity index (χ1) is 6.50. The van der Waals surface area contributed by atoms with Crippen LogP contribution in [0, 0.1) is 0 Å². The van der Waals surface area contributed by atoms with Gasteiger partial charge in [0, 0.05) is 24.3 Å². The quantitative estimate of drug-likeness (QED) is 0.758. The van der Waals surface area contributed by atoms with Crippen LogP contribution in [0.2, 0.25) is 0 Å². The number of hydrogen-bond acceptors (Lipinski definition) is 2. The van der Waals surface area contributed by atoms with Crippen molar-refractivity contribution in [2.75, 3.05) is 25.1 Å². The van der Waals surface area contributed by atoms with Crippen LogP contribution in [0.1, 0.15) is 0 Å². The van der Waals surface area contributed by atoms with Crippen LogP contribution in [0.15, 0.2) is 22.7 Å². The molecule has 14 heavy (non-hydrogen) atoms. The topological polar surface area (TPSA) is 58.4 Å². The first kappa shape index (κ1) is 10.8. The van der Waals surface area contributed by atoms with Gasteiger partial charge in [-0.2, -0.15) is 0 Å². The van der Waals surface area contributed by atoms with Crippen LogP contribution in [0.4, 0.5) is 16.2 Å². The number of amides is 2. The van der Waals surface area contributed by atoms with Crippen LogP contribution in [-0.4, -0.2) is 25.0 Å². The number of hydrogen-bond donors (Lipinski definition) is 2. The molecule has 0 saturated carbocycles. The molecule has 5 heteroatoms. The van der Waals surface area contributed by atoms with E-state index in [0.29, 0.717) is 11.4 Å². The molecular formula is C9H12BrN3O. The van der Waals surface area contributed by atoms with E-state index in [1.807, 2.05) is 0 Å². The van der Waals surface area contributed by atoms with Gasteiger partial charge in [0.1, 0.15) is 0 Å². The number of benzene rings is 1. The van der Waals surface area contributed by atoms with E-state index in [0.717, 1.165) is 4.47 Å². The molecule has 0 unspecified atom stereocenters. The maximum absolute atomic E-state index is 11.3. The molecule has 0 aromatic heterocycles. The van der Waals surface area contributed by atoms with Gasteiger partial charge in [0.15, 0.2) is 0 Å². The molecular weight excluding hydrogens is 246 g/mol. The number of carbonyl (C=O) groups is 1. The van der Waals surface area contributed by atoms with Crippen LogP contribution in [0.25, 0.3) is 0 Å². The maximum Gasteiger partial charge on any atom is 0.321 e. The first-order valence-electron chi connectivity index (χ1n) is 4.04. The molecule has 0 bridgehead atoms. The minimum Gasteiger partial charge on any atom is -0.399 e. The summed E-state index contributed by atoms with van der Waals surface area (Å²) >= 11 is 3.31. The number of nitrogens with one attached hydrogen (secondary N) is 1. The summed E-state index contributed by atoms with van der Waals surface area (Å²) in [5.74, 6) is 0. The van der Waals surface area contributed by atoms with Crippen molar-refractivity contribution in [2.45, 2.75) is 0 Å². The van der Waals surface area contributed by atoms with E-state index < -0.39 is 0 Å². The molecule has 4 nitrogen and oxygen atoms in total. The van der Waals surface area contributed by atoms with Crippen LogP contribution < -0.4 is 11.1 Å². The van der Waals surface area contributed by atoms with Gasteiger partial charge < -0.3 is 16.0 Å². The highest BCUT2D eigenvalue weighted by Crippen LogP contribution is 2.24. The van der Waals surface area contributed by atoms with E-state index in [1.165, 1.54) is 4.90 Å². The third kappa shape index (κ3) is 2.63. The Kier molecular flexibility index (Phi) is 3.35. The van der Waals surface area contributed by atoms with E-state index >= 15 is 0 Å². The summed E-state index contributed by atoms with van der Waals surface area (Å²) in [5, 5.41) is 2.72. The van der Waals surface area contributed by atoms with Crippen molar-refractivity contribution in [3.63, 3.8) is 0 Å². The molecule has 0 aliphatic carbocycles. The fourth-order valence-electron chi connectivity index (χ4n) is 0.860. The number of nitrogens with zero attached hydrogens (tertiary/aromatic N) is 1. The van der Waals surface area contributed by atoms with Crippen molar-refractivity contribution in [3.8, 4) is 0 Å². The predicted octanol–water partition coefficient (Wildman–Crippen LogP) is 2.12. The lowest BCUT2D eigenvalue weighted by molar-refractivity contribution is 0.230. The van der Waals surface area contributed by atoms with Gasteiger partial charge in [-0.3, -0.25) is 0 Å². The molecule has 2 amide bonds. The fourth-order valence-corrected chi connectivity index (χ4v) is 1.36. The Labute approximate surface area is 91.2 Å². The number of urea groups is 1. The zero-order chi connectivity index (χ0) is 10.7. The standard InChI is InChI=1S/C9H12BrN3O/c1-13(2)9(14)12-8-4-3-6(11)5-7(8)10/h3-5H,11H2,1-2H3,(H,12,14). The monoisotopic (exact) mass is 257 g/mol. The minimum atomic E-state index is -0.171. The Bertz CT molecular complexity index is 352. The Morgan fingerprint density at radius 2 is 2.14 bits per heavy atom. The minimum absolute atomic E-state index is 0.171. The predicted molar refractivity (Wildman–Crippen MR) is 61.3 cm³/mol. The second kappa shape index (κ2) is 4.32. The lowest BCUT2D eigenvalue weighted by Crippen LogP contribution is -2.27.